The number of allylic oxidation sites excluding steroid dienone is 2. The number of hydrogen-bond acceptors (Lipinski definition) is 4. The summed E-state index contributed by atoms with van der Waals surface area (Å²) in [4.78, 5) is 27.4. The van der Waals surface area contributed by atoms with Crippen molar-refractivity contribution in [3.63, 3.8) is 0 Å². The standard InChI is InChI=1S/C12H12N2O3S/c15-10(14-12-13-3-4-18-12)8-6-1-2-7(5-6)9(8)11(16)17/h1-4,6-9H,5H2,(H,16,17)(H,13,14,15)/t6-,7-,8+,9+/m0/s1. The summed E-state index contributed by atoms with van der Waals surface area (Å²) in [5.41, 5.74) is 0. The molecule has 0 saturated heterocycles. The largest absolute Gasteiger partial charge is 0.481 e. The molecule has 3 rings (SSSR count). The summed E-state index contributed by atoms with van der Waals surface area (Å²) in [5, 5.41) is 14.3. The molecule has 5 nitrogen and oxygen atoms in total. The lowest BCUT2D eigenvalue weighted by Gasteiger charge is -2.23. The number of anilines is 1. The second-order valence-electron chi connectivity index (χ2n) is 4.66. The number of aliphatic carboxylic acids is 1. The predicted octanol–water partition coefficient (Wildman–Crippen LogP) is 1.60. The quantitative estimate of drug-likeness (QED) is 0.813. The van der Waals surface area contributed by atoms with Gasteiger partial charge in [0, 0.05) is 11.6 Å². The highest BCUT2D eigenvalue weighted by Gasteiger charge is 2.51. The summed E-state index contributed by atoms with van der Waals surface area (Å²) >= 11 is 1.33. The Kier molecular flexibility index (Phi) is 2.66. The van der Waals surface area contributed by atoms with Crippen LogP contribution in [0.3, 0.4) is 0 Å². The van der Waals surface area contributed by atoms with Gasteiger partial charge in [-0.25, -0.2) is 4.98 Å². The Morgan fingerprint density at radius 2 is 2.06 bits per heavy atom. The van der Waals surface area contributed by atoms with Gasteiger partial charge in [0.1, 0.15) is 0 Å². The van der Waals surface area contributed by atoms with Gasteiger partial charge in [0.2, 0.25) is 5.91 Å². The van der Waals surface area contributed by atoms with Crippen molar-refractivity contribution in [1.82, 2.24) is 4.98 Å². The maximum Gasteiger partial charge on any atom is 0.307 e. The Morgan fingerprint density at radius 3 is 2.67 bits per heavy atom. The van der Waals surface area contributed by atoms with Crippen molar-refractivity contribution in [2.24, 2.45) is 23.7 Å². The minimum atomic E-state index is -0.883. The monoisotopic (exact) mass is 264 g/mol. The molecule has 0 unspecified atom stereocenters. The molecule has 0 radical (unpaired) electrons. The molecule has 2 aliphatic rings. The van der Waals surface area contributed by atoms with Gasteiger partial charge in [-0.15, -0.1) is 11.3 Å². The Labute approximate surface area is 108 Å². The van der Waals surface area contributed by atoms with Crippen LogP contribution in [-0.2, 0) is 9.59 Å². The van der Waals surface area contributed by atoms with E-state index in [2.05, 4.69) is 10.3 Å². The summed E-state index contributed by atoms with van der Waals surface area (Å²) in [6.07, 6.45) is 6.27. The van der Waals surface area contributed by atoms with E-state index in [-0.39, 0.29) is 17.7 Å². The number of aromatic nitrogens is 1. The van der Waals surface area contributed by atoms with Crippen LogP contribution in [0.5, 0.6) is 0 Å². The number of hydrogen-bond donors (Lipinski definition) is 2. The predicted molar refractivity (Wildman–Crippen MR) is 66.1 cm³/mol. The third-order valence-electron chi connectivity index (χ3n) is 3.71. The fraction of sp³-hybridized carbons (Fsp3) is 0.417. The molecular weight excluding hydrogens is 252 g/mol. The zero-order chi connectivity index (χ0) is 12.7. The van der Waals surface area contributed by atoms with Gasteiger partial charge < -0.3 is 10.4 Å². The van der Waals surface area contributed by atoms with Gasteiger partial charge in [-0.2, -0.15) is 0 Å². The number of carboxylic acid groups (broad SMARTS) is 1. The Balaban J connectivity index is 1.80. The van der Waals surface area contributed by atoms with Crippen molar-refractivity contribution in [2.45, 2.75) is 6.42 Å². The third kappa shape index (κ3) is 1.73. The van der Waals surface area contributed by atoms with Crippen molar-refractivity contribution in [3.05, 3.63) is 23.7 Å². The maximum atomic E-state index is 12.2. The van der Waals surface area contributed by atoms with Crippen molar-refractivity contribution >= 4 is 28.3 Å². The van der Waals surface area contributed by atoms with Crippen molar-refractivity contribution in [1.29, 1.82) is 0 Å². The van der Waals surface area contributed by atoms with Gasteiger partial charge in [0.15, 0.2) is 5.13 Å². The van der Waals surface area contributed by atoms with Crippen molar-refractivity contribution < 1.29 is 14.7 Å². The van der Waals surface area contributed by atoms with Crippen LogP contribution >= 0.6 is 11.3 Å². The van der Waals surface area contributed by atoms with E-state index in [4.69, 9.17) is 0 Å². The molecule has 1 aromatic heterocycles. The summed E-state index contributed by atoms with van der Waals surface area (Å²) in [6.45, 7) is 0. The van der Waals surface area contributed by atoms with Crippen LogP contribution in [0.1, 0.15) is 6.42 Å². The van der Waals surface area contributed by atoms with Crippen LogP contribution in [0, 0.1) is 23.7 Å². The number of nitrogens with one attached hydrogen (secondary N) is 1. The van der Waals surface area contributed by atoms with E-state index in [0.717, 1.165) is 6.42 Å². The van der Waals surface area contributed by atoms with Crippen LogP contribution in [-0.4, -0.2) is 22.0 Å². The minimum absolute atomic E-state index is 0.000421. The first-order valence-corrected chi connectivity index (χ1v) is 6.66. The van der Waals surface area contributed by atoms with Gasteiger partial charge in [-0.3, -0.25) is 9.59 Å². The molecule has 1 aromatic rings. The summed E-state index contributed by atoms with van der Waals surface area (Å²) in [5.74, 6) is -2.13. The number of rotatable bonds is 3. The SMILES string of the molecule is O=C(O)[C@H]1[C@H](C(=O)Nc2nccs2)[C@H]2C=C[C@H]1C2. The van der Waals surface area contributed by atoms with Gasteiger partial charge in [-0.1, -0.05) is 12.2 Å². The molecule has 18 heavy (non-hydrogen) atoms. The Bertz CT molecular complexity index is 511. The van der Waals surface area contributed by atoms with E-state index in [1.807, 2.05) is 12.2 Å². The molecular formula is C12H12N2O3S. The molecule has 1 heterocycles. The number of nitrogens with zero attached hydrogens (tertiary/aromatic N) is 1. The topological polar surface area (TPSA) is 79.3 Å². The van der Waals surface area contributed by atoms with Crippen LogP contribution in [0.15, 0.2) is 23.7 Å². The number of carbonyl (C=O) groups excluding carboxylic acids is 1. The highest BCUT2D eigenvalue weighted by molar-refractivity contribution is 7.13. The maximum absolute atomic E-state index is 12.2. The lowest BCUT2D eigenvalue weighted by atomic mass is 9.82. The van der Waals surface area contributed by atoms with Crippen molar-refractivity contribution in [2.75, 3.05) is 5.32 Å². The molecule has 0 aliphatic heterocycles. The zero-order valence-corrected chi connectivity index (χ0v) is 10.3. The summed E-state index contributed by atoms with van der Waals surface area (Å²) < 4.78 is 0. The second-order valence-corrected chi connectivity index (χ2v) is 5.56. The molecule has 0 aromatic carbocycles. The lowest BCUT2D eigenvalue weighted by Crippen LogP contribution is -2.36. The smallest absolute Gasteiger partial charge is 0.307 e. The highest BCUT2D eigenvalue weighted by Crippen LogP contribution is 2.48. The van der Waals surface area contributed by atoms with E-state index in [9.17, 15) is 14.7 Å². The first kappa shape index (κ1) is 11.4. The van der Waals surface area contributed by atoms with E-state index < -0.39 is 17.8 Å². The summed E-state index contributed by atoms with van der Waals surface area (Å²) in [6, 6.07) is 0. The average Bonchev–Trinajstić information content (AvgIpc) is 3.03. The number of thiazole rings is 1. The van der Waals surface area contributed by atoms with Crippen molar-refractivity contribution in [3.8, 4) is 0 Å². The van der Waals surface area contributed by atoms with Gasteiger partial charge in [0.05, 0.1) is 11.8 Å². The molecule has 1 fully saturated rings. The number of amides is 1. The first-order valence-electron chi connectivity index (χ1n) is 5.78. The first-order chi connectivity index (χ1) is 8.66. The Hall–Kier alpha value is -1.69. The minimum Gasteiger partial charge on any atom is -0.481 e. The third-order valence-corrected chi connectivity index (χ3v) is 4.40. The van der Waals surface area contributed by atoms with E-state index in [0.29, 0.717) is 5.13 Å². The van der Waals surface area contributed by atoms with Crippen LogP contribution in [0.4, 0.5) is 5.13 Å². The van der Waals surface area contributed by atoms with Gasteiger partial charge in [-0.05, 0) is 18.3 Å². The molecule has 2 bridgehead atoms. The molecule has 2 N–H and O–H groups in total. The van der Waals surface area contributed by atoms with Crippen LogP contribution < -0.4 is 5.32 Å². The fourth-order valence-corrected chi connectivity index (χ4v) is 3.52. The van der Waals surface area contributed by atoms with E-state index in [1.54, 1.807) is 11.6 Å². The normalized spacial score (nSPS) is 32.7. The number of carboxylic acids is 1. The van der Waals surface area contributed by atoms with E-state index >= 15 is 0 Å². The summed E-state index contributed by atoms with van der Waals surface area (Å²) in [7, 11) is 0. The number of carbonyl (C=O) groups is 2. The Morgan fingerprint density at radius 1 is 1.33 bits per heavy atom. The molecule has 2 aliphatic carbocycles. The zero-order valence-electron chi connectivity index (χ0n) is 9.45. The van der Waals surface area contributed by atoms with Crippen LogP contribution in [0.2, 0.25) is 0 Å². The highest BCUT2D eigenvalue weighted by atomic mass is 32.1. The molecule has 4 atom stereocenters. The van der Waals surface area contributed by atoms with E-state index in [1.165, 1.54) is 11.3 Å². The second kappa shape index (κ2) is 4.20. The lowest BCUT2D eigenvalue weighted by molar-refractivity contribution is -0.146. The van der Waals surface area contributed by atoms with Gasteiger partial charge >= 0.3 is 5.97 Å². The molecule has 1 saturated carbocycles. The average molecular weight is 264 g/mol. The molecule has 1 amide bonds. The molecule has 0 spiro atoms. The number of fused-ring (bicyclic) bond motifs is 2. The fourth-order valence-electron chi connectivity index (χ4n) is 2.99. The van der Waals surface area contributed by atoms with Gasteiger partial charge in [0.25, 0.3) is 0 Å². The molecule has 6 heteroatoms. The molecule has 94 valence electrons. The van der Waals surface area contributed by atoms with Crippen LogP contribution in [0.25, 0.3) is 0 Å².